The number of benzene rings is 1. The Bertz CT molecular complexity index is 1360. The van der Waals surface area contributed by atoms with Crippen molar-refractivity contribution < 1.29 is 29.0 Å². The van der Waals surface area contributed by atoms with Crippen LogP contribution in [0.1, 0.15) is 83.6 Å². The van der Waals surface area contributed by atoms with E-state index in [1.165, 1.54) is 5.01 Å². The molecule has 4 rings (SSSR count). The van der Waals surface area contributed by atoms with Crippen LogP contribution in [0.2, 0.25) is 0 Å². The summed E-state index contributed by atoms with van der Waals surface area (Å²) in [6.07, 6.45) is 5.18. The summed E-state index contributed by atoms with van der Waals surface area (Å²) in [6.45, 7) is 7.32. The largest absolute Gasteiger partial charge is 0.455 e. The van der Waals surface area contributed by atoms with Gasteiger partial charge >= 0.3 is 5.97 Å². The van der Waals surface area contributed by atoms with Crippen LogP contribution in [0, 0.1) is 5.92 Å². The lowest BCUT2D eigenvalue weighted by Gasteiger charge is -2.35. The number of aliphatic hydroxyl groups is 1. The molecule has 0 aliphatic carbocycles. The molecule has 2 aliphatic heterocycles. The van der Waals surface area contributed by atoms with E-state index in [2.05, 4.69) is 16.1 Å². The van der Waals surface area contributed by atoms with E-state index in [4.69, 9.17) is 9.72 Å². The topological polar surface area (TPSA) is 150 Å². The molecule has 1 saturated heterocycles. The fourth-order valence-corrected chi connectivity index (χ4v) is 5.24. The lowest BCUT2D eigenvalue weighted by Crippen LogP contribution is -2.61. The smallest absolute Gasteiger partial charge is 0.325 e. The molecule has 43 heavy (non-hydrogen) atoms. The standard InChI is InChI=1S/C32H43N5O6/c1-19(2)29-30(40)33-20(3)31(41)37-17-7-10-26(36-37)32(42)43-21(4)25-15-13-23-12-11-22(18-27(23)34-25)8-5-6-9-24(38)14-16-28(39)35-29/h5,8,11-13,15,18-21,24,26,29,36,38H,6-7,9-10,14,16-17H2,1-4H3,(H,33,40)(H,35,39). The number of carbonyl (C=O) groups excluding carboxylic acids is 4. The molecule has 4 N–H and O–H groups in total. The molecule has 0 saturated carbocycles. The molecule has 1 aromatic carbocycles. The summed E-state index contributed by atoms with van der Waals surface area (Å²) in [5, 5.41) is 18.2. The molecule has 2 aliphatic rings. The van der Waals surface area contributed by atoms with E-state index >= 15 is 0 Å². The molecule has 11 heteroatoms. The molecule has 0 radical (unpaired) electrons. The second-order valence-electron chi connectivity index (χ2n) is 11.8. The number of cyclic esters (lactones) is 1. The summed E-state index contributed by atoms with van der Waals surface area (Å²) < 4.78 is 5.76. The van der Waals surface area contributed by atoms with Crippen LogP contribution in [-0.2, 0) is 23.9 Å². The summed E-state index contributed by atoms with van der Waals surface area (Å²) in [6, 6.07) is 7.22. The maximum Gasteiger partial charge on any atom is 0.325 e. The van der Waals surface area contributed by atoms with Crippen LogP contribution in [-0.4, -0.2) is 69.6 Å². The van der Waals surface area contributed by atoms with Gasteiger partial charge in [0.2, 0.25) is 11.8 Å². The summed E-state index contributed by atoms with van der Waals surface area (Å²) in [5.74, 6) is -1.94. The summed E-state index contributed by atoms with van der Waals surface area (Å²) >= 11 is 0. The van der Waals surface area contributed by atoms with Crippen molar-refractivity contribution in [2.75, 3.05) is 6.54 Å². The zero-order chi connectivity index (χ0) is 31.1. The van der Waals surface area contributed by atoms with Gasteiger partial charge in [0.05, 0.1) is 17.3 Å². The van der Waals surface area contributed by atoms with E-state index in [0.29, 0.717) is 37.9 Å². The normalized spacial score (nSPS) is 27.0. The quantitative estimate of drug-likeness (QED) is 0.369. The third-order valence-electron chi connectivity index (χ3n) is 7.86. The molecular formula is C32H43N5O6. The van der Waals surface area contributed by atoms with Crippen LogP contribution in [0.25, 0.3) is 17.0 Å². The number of rotatable bonds is 1. The molecular weight excluding hydrogens is 550 g/mol. The number of aromatic nitrogens is 1. The summed E-state index contributed by atoms with van der Waals surface area (Å²) in [7, 11) is 0. The van der Waals surface area contributed by atoms with Crippen molar-refractivity contribution in [3.63, 3.8) is 0 Å². The highest BCUT2D eigenvalue weighted by molar-refractivity contribution is 5.92. The highest BCUT2D eigenvalue weighted by atomic mass is 16.5. The molecule has 2 aromatic rings. The Morgan fingerprint density at radius 1 is 1.02 bits per heavy atom. The predicted octanol–water partition coefficient (Wildman–Crippen LogP) is 2.93. The van der Waals surface area contributed by atoms with Crippen molar-refractivity contribution in [1.29, 1.82) is 0 Å². The highest BCUT2D eigenvalue weighted by Gasteiger charge is 2.34. The van der Waals surface area contributed by atoms with Gasteiger partial charge in [0.25, 0.3) is 5.91 Å². The average Bonchev–Trinajstić information content (AvgIpc) is 2.99. The number of nitrogens with one attached hydrogen (secondary N) is 3. The number of aliphatic hydroxyl groups excluding tert-OH is 1. The van der Waals surface area contributed by atoms with Crippen molar-refractivity contribution in [1.82, 2.24) is 26.1 Å². The van der Waals surface area contributed by atoms with Gasteiger partial charge in [0.15, 0.2) is 0 Å². The second kappa shape index (κ2) is 14.6. The van der Waals surface area contributed by atoms with Gasteiger partial charge in [-0.2, -0.15) is 0 Å². The van der Waals surface area contributed by atoms with Gasteiger partial charge in [-0.25, -0.2) is 10.4 Å². The second-order valence-corrected chi connectivity index (χ2v) is 11.8. The fraction of sp³-hybridized carbons (Fsp3) is 0.531. The minimum absolute atomic E-state index is 0.0716. The molecule has 1 fully saturated rings. The lowest BCUT2D eigenvalue weighted by molar-refractivity contribution is -0.157. The van der Waals surface area contributed by atoms with Gasteiger partial charge in [-0.05, 0) is 69.6 Å². The summed E-state index contributed by atoms with van der Waals surface area (Å²) in [4.78, 5) is 56.8. The number of allylic oxidation sites excluding steroid dienone is 1. The van der Waals surface area contributed by atoms with Crippen LogP contribution < -0.4 is 16.1 Å². The molecule has 3 heterocycles. The Labute approximate surface area is 252 Å². The number of hydrazine groups is 1. The van der Waals surface area contributed by atoms with E-state index in [1.807, 2.05) is 56.3 Å². The first-order valence-corrected chi connectivity index (χ1v) is 15.1. The predicted molar refractivity (Wildman–Crippen MR) is 162 cm³/mol. The number of hydrogen-bond donors (Lipinski definition) is 4. The number of amides is 3. The number of hydrogen-bond acceptors (Lipinski definition) is 8. The van der Waals surface area contributed by atoms with E-state index in [0.717, 1.165) is 16.5 Å². The van der Waals surface area contributed by atoms with Gasteiger partial charge in [-0.1, -0.05) is 44.2 Å². The molecule has 11 nitrogen and oxygen atoms in total. The minimum atomic E-state index is -0.900. The third-order valence-corrected chi connectivity index (χ3v) is 7.86. The van der Waals surface area contributed by atoms with Crippen molar-refractivity contribution in [3.05, 3.63) is 47.7 Å². The Hall–Kier alpha value is -3.83. The van der Waals surface area contributed by atoms with Crippen molar-refractivity contribution in [3.8, 4) is 0 Å². The van der Waals surface area contributed by atoms with Crippen LogP contribution >= 0.6 is 0 Å². The highest BCUT2D eigenvalue weighted by Crippen LogP contribution is 2.22. The molecule has 1 aromatic heterocycles. The SMILES string of the molecule is CC1NC(=O)C(C(C)C)NC(=O)CCC(O)CCC=Cc2ccc3ccc(nc3c2)C(C)OC(=O)C2CCCN(N2)C1=O. The van der Waals surface area contributed by atoms with Crippen molar-refractivity contribution in [2.45, 2.75) is 96.6 Å². The van der Waals surface area contributed by atoms with Gasteiger partial charge in [0.1, 0.15) is 24.2 Å². The zero-order valence-corrected chi connectivity index (χ0v) is 25.3. The Morgan fingerprint density at radius 2 is 1.79 bits per heavy atom. The molecule has 5 bridgehead atoms. The number of nitrogens with zero attached hydrogens (tertiary/aromatic N) is 2. The first-order valence-electron chi connectivity index (χ1n) is 15.1. The van der Waals surface area contributed by atoms with Crippen molar-refractivity contribution in [2.24, 2.45) is 5.92 Å². The number of fused-ring (bicyclic) bond motifs is 4. The number of esters is 1. The van der Waals surface area contributed by atoms with E-state index in [-0.39, 0.29) is 24.7 Å². The van der Waals surface area contributed by atoms with Crippen LogP contribution in [0.3, 0.4) is 0 Å². The number of pyridine rings is 1. The third kappa shape index (κ3) is 8.61. The van der Waals surface area contributed by atoms with E-state index < -0.39 is 48.1 Å². The number of carbonyl (C=O) groups is 4. The van der Waals surface area contributed by atoms with Crippen LogP contribution in [0.5, 0.6) is 0 Å². The Balaban J connectivity index is 1.55. The minimum Gasteiger partial charge on any atom is -0.455 e. The molecule has 232 valence electrons. The number of ether oxygens (including phenoxy) is 1. The van der Waals surface area contributed by atoms with Crippen molar-refractivity contribution >= 4 is 40.7 Å². The Morgan fingerprint density at radius 3 is 2.56 bits per heavy atom. The molecule has 5 atom stereocenters. The zero-order valence-electron chi connectivity index (χ0n) is 25.3. The fourth-order valence-electron chi connectivity index (χ4n) is 5.24. The van der Waals surface area contributed by atoms with E-state index in [9.17, 15) is 24.3 Å². The maximum atomic E-state index is 13.2. The van der Waals surface area contributed by atoms with E-state index in [1.54, 1.807) is 13.8 Å². The molecule has 3 amide bonds. The van der Waals surface area contributed by atoms with Crippen LogP contribution in [0.4, 0.5) is 0 Å². The maximum absolute atomic E-state index is 13.2. The summed E-state index contributed by atoms with van der Waals surface area (Å²) in [5.41, 5.74) is 5.29. The first-order chi connectivity index (χ1) is 20.5. The monoisotopic (exact) mass is 593 g/mol. The van der Waals surface area contributed by atoms with Gasteiger partial charge in [0, 0.05) is 18.4 Å². The molecule has 0 spiro atoms. The van der Waals surface area contributed by atoms with Gasteiger partial charge in [-0.3, -0.25) is 24.2 Å². The van der Waals surface area contributed by atoms with Crippen LogP contribution in [0.15, 0.2) is 36.4 Å². The molecule has 5 unspecified atom stereocenters. The first kappa shape index (κ1) is 32.1. The van der Waals surface area contributed by atoms with Gasteiger partial charge in [-0.15, -0.1) is 0 Å². The average molecular weight is 594 g/mol. The van der Waals surface area contributed by atoms with Gasteiger partial charge < -0.3 is 20.5 Å². The lowest BCUT2D eigenvalue weighted by atomic mass is 10.0. The Kier molecular flexibility index (Phi) is 10.9.